The van der Waals surface area contributed by atoms with Gasteiger partial charge in [-0.15, -0.1) is 0 Å². The van der Waals surface area contributed by atoms with Gasteiger partial charge in [0.05, 0.1) is 4.92 Å². The topological polar surface area (TPSA) is 114 Å². The molecule has 10 nitrogen and oxygen atoms in total. The van der Waals surface area contributed by atoms with Crippen LogP contribution in [0.2, 0.25) is 0 Å². The second-order valence-corrected chi connectivity index (χ2v) is 5.59. The first kappa shape index (κ1) is 15.1. The van der Waals surface area contributed by atoms with Gasteiger partial charge in [-0.2, -0.15) is 4.98 Å². The summed E-state index contributed by atoms with van der Waals surface area (Å²) in [5, 5.41) is 14.6. The van der Waals surface area contributed by atoms with Crippen molar-refractivity contribution in [2.45, 2.75) is 18.8 Å². The predicted octanol–water partition coefficient (Wildman–Crippen LogP) is 1.22. The molecule has 1 saturated heterocycles. The Bertz CT molecular complexity index is 677. The standard InChI is InChI=1S/C13H17N7O3/c1-18(2)13-16-11(23-17-13)9-3-5-19(6-4-9)12-14-7-10(8-15-12)20(21)22/h7-9H,3-6H2,1-2H3. The van der Waals surface area contributed by atoms with Crippen LogP contribution in [0.5, 0.6) is 0 Å². The Morgan fingerprint density at radius 3 is 2.48 bits per heavy atom. The summed E-state index contributed by atoms with van der Waals surface area (Å²) in [6, 6.07) is 0. The van der Waals surface area contributed by atoms with Crippen molar-refractivity contribution in [3.8, 4) is 0 Å². The van der Waals surface area contributed by atoms with Crippen LogP contribution in [0.4, 0.5) is 17.6 Å². The Morgan fingerprint density at radius 2 is 1.96 bits per heavy atom. The molecule has 0 aliphatic carbocycles. The molecular weight excluding hydrogens is 302 g/mol. The highest BCUT2D eigenvalue weighted by atomic mass is 16.6. The van der Waals surface area contributed by atoms with Gasteiger partial charge in [0.15, 0.2) is 0 Å². The maximum Gasteiger partial charge on any atom is 0.305 e. The molecule has 0 unspecified atom stereocenters. The minimum Gasteiger partial charge on any atom is -0.344 e. The zero-order valence-corrected chi connectivity index (χ0v) is 12.9. The number of hydrogen-bond donors (Lipinski definition) is 0. The van der Waals surface area contributed by atoms with Crippen molar-refractivity contribution in [3.05, 3.63) is 28.4 Å². The van der Waals surface area contributed by atoms with E-state index in [9.17, 15) is 10.1 Å². The molecule has 1 aliphatic heterocycles. The molecule has 0 N–H and O–H groups in total. The lowest BCUT2D eigenvalue weighted by Crippen LogP contribution is -2.34. The Hall–Kier alpha value is -2.78. The summed E-state index contributed by atoms with van der Waals surface area (Å²) in [5.41, 5.74) is -0.106. The van der Waals surface area contributed by atoms with E-state index in [0.29, 0.717) is 17.8 Å². The van der Waals surface area contributed by atoms with Gasteiger partial charge in [0.2, 0.25) is 11.8 Å². The predicted molar refractivity (Wildman–Crippen MR) is 81.5 cm³/mol. The summed E-state index contributed by atoms with van der Waals surface area (Å²) in [6.07, 6.45) is 4.15. The Morgan fingerprint density at radius 1 is 1.30 bits per heavy atom. The molecule has 0 atom stereocenters. The van der Waals surface area contributed by atoms with E-state index in [2.05, 4.69) is 20.1 Å². The molecule has 0 amide bonds. The largest absolute Gasteiger partial charge is 0.344 e. The van der Waals surface area contributed by atoms with E-state index in [0.717, 1.165) is 25.9 Å². The first-order chi connectivity index (χ1) is 11.0. The monoisotopic (exact) mass is 319 g/mol. The first-order valence-electron chi connectivity index (χ1n) is 7.27. The van der Waals surface area contributed by atoms with Gasteiger partial charge in [-0.3, -0.25) is 10.1 Å². The van der Waals surface area contributed by atoms with Crippen molar-refractivity contribution in [1.82, 2.24) is 20.1 Å². The SMILES string of the molecule is CN(C)c1noc(C2CCN(c3ncc([N+](=O)[O-])cn3)CC2)n1. The molecule has 2 aromatic rings. The van der Waals surface area contributed by atoms with Gasteiger partial charge in [0.25, 0.3) is 5.95 Å². The summed E-state index contributed by atoms with van der Waals surface area (Å²) in [7, 11) is 3.73. The van der Waals surface area contributed by atoms with E-state index >= 15 is 0 Å². The third kappa shape index (κ3) is 3.20. The van der Waals surface area contributed by atoms with Gasteiger partial charge in [0.1, 0.15) is 12.4 Å². The van der Waals surface area contributed by atoms with Crippen LogP contribution in [0.1, 0.15) is 24.7 Å². The average molecular weight is 319 g/mol. The van der Waals surface area contributed by atoms with E-state index in [-0.39, 0.29) is 11.6 Å². The molecule has 122 valence electrons. The lowest BCUT2D eigenvalue weighted by atomic mass is 9.97. The van der Waals surface area contributed by atoms with Crippen molar-refractivity contribution in [2.75, 3.05) is 37.0 Å². The Balaban J connectivity index is 1.62. The van der Waals surface area contributed by atoms with Crippen LogP contribution >= 0.6 is 0 Å². The summed E-state index contributed by atoms with van der Waals surface area (Å²) in [5.74, 6) is 1.94. The van der Waals surface area contributed by atoms with Crippen LogP contribution in [0.25, 0.3) is 0 Å². The smallest absolute Gasteiger partial charge is 0.305 e. The number of piperidine rings is 1. The Kier molecular flexibility index (Phi) is 4.04. The fraction of sp³-hybridized carbons (Fsp3) is 0.538. The van der Waals surface area contributed by atoms with Crippen LogP contribution in [0.15, 0.2) is 16.9 Å². The zero-order valence-electron chi connectivity index (χ0n) is 12.9. The molecule has 0 saturated carbocycles. The van der Waals surface area contributed by atoms with Gasteiger partial charge in [-0.05, 0) is 18.0 Å². The van der Waals surface area contributed by atoms with Crippen LogP contribution in [-0.4, -0.2) is 52.2 Å². The molecule has 1 fully saturated rings. The van der Waals surface area contributed by atoms with Crippen LogP contribution in [-0.2, 0) is 0 Å². The third-order valence-electron chi connectivity index (χ3n) is 3.79. The van der Waals surface area contributed by atoms with E-state index in [1.165, 1.54) is 12.4 Å². The maximum absolute atomic E-state index is 10.6. The van der Waals surface area contributed by atoms with Crippen molar-refractivity contribution in [1.29, 1.82) is 0 Å². The van der Waals surface area contributed by atoms with Crippen molar-refractivity contribution in [2.24, 2.45) is 0 Å². The highest BCUT2D eigenvalue weighted by Crippen LogP contribution is 2.29. The van der Waals surface area contributed by atoms with Crippen LogP contribution in [0, 0.1) is 10.1 Å². The number of anilines is 2. The molecule has 10 heteroatoms. The van der Waals surface area contributed by atoms with Gasteiger partial charge in [0, 0.05) is 33.1 Å². The third-order valence-corrected chi connectivity index (χ3v) is 3.79. The molecule has 0 spiro atoms. The summed E-state index contributed by atoms with van der Waals surface area (Å²) in [4.78, 5) is 26.4. The van der Waals surface area contributed by atoms with E-state index in [1.807, 2.05) is 19.0 Å². The van der Waals surface area contributed by atoms with Crippen LogP contribution < -0.4 is 9.80 Å². The van der Waals surface area contributed by atoms with Crippen molar-refractivity contribution >= 4 is 17.6 Å². The first-order valence-corrected chi connectivity index (χ1v) is 7.27. The highest BCUT2D eigenvalue weighted by Gasteiger charge is 2.26. The number of aromatic nitrogens is 4. The number of hydrogen-bond acceptors (Lipinski definition) is 9. The second-order valence-electron chi connectivity index (χ2n) is 5.59. The summed E-state index contributed by atoms with van der Waals surface area (Å²) >= 11 is 0. The summed E-state index contributed by atoms with van der Waals surface area (Å²) in [6.45, 7) is 1.48. The van der Waals surface area contributed by atoms with E-state index in [4.69, 9.17) is 4.52 Å². The maximum atomic E-state index is 10.6. The van der Waals surface area contributed by atoms with E-state index in [1.54, 1.807) is 4.90 Å². The Labute approximate surface area is 132 Å². The molecule has 0 aromatic carbocycles. The lowest BCUT2D eigenvalue weighted by Gasteiger charge is -2.30. The molecule has 0 radical (unpaired) electrons. The number of rotatable bonds is 4. The minimum absolute atomic E-state index is 0.106. The molecule has 3 rings (SSSR count). The molecule has 1 aliphatic rings. The average Bonchev–Trinajstić information content (AvgIpc) is 3.05. The van der Waals surface area contributed by atoms with Crippen molar-refractivity contribution in [3.63, 3.8) is 0 Å². The second kappa shape index (κ2) is 6.15. The van der Waals surface area contributed by atoms with Crippen LogP contribution in [0.3, 0.4) is 0 Å². The molecule has 3 heterocycles. The quantitative estimate of drug-likeness (QED) is 0.605. The molecule has 23 heavy (non-hydrogen) atoms. The molecule has 2 aromatic heterocycles. The minimum atomic E-state index is -0.506. The normalized spacial score (nSPS) is 15.7. The van der Waals surface area contributed by atoms with Gasteiger partial charge >= 0.3 is 5.69 Å². The highest BCUT2D eigenvalue weighted by molar-refractivity contribution is 5.34. The lowest BCUT2D eigenvalue weighted by molar-refractivity contribution is -0.385. The number of nitro groups is 1. The fourth-order valence-electron chi connectivity index (χ4n) is 2.47. The fourth-order valence-corrected chi connectivity index (χ4v) is 2.47. The molecule has 0 bridgehead atoms. The molecular formula is C13H17N7O3. The van der Waals surface area contributed by atoms with E-state index < -0.39 is 4.92 Å². The zero-order chi connectivity index (χ0) is 16.4. The number of nitrogens with zero attached hydrogens (tertiary/aromatic N) is 7. The van der Waals surface area contributed by atoms with Gasteiger partial charge in [-0.25, -0.2) is 9.97 Å². The van der Waals surface area contributed by atoms with Gasteiger partial charge in [-0.1, -0.05) is 0 Å². The van der Waals surface area contributed by atoms with Crippen molar-refractivity contribution < 1.29 is 9.45 Å². The van der Waals surface area contributed by atoms with Gasteiger partial charge < -0.3 is 14.3 Å². The summed E-state index contributed by atoms with van der Waals surface area (Å²) < 4.78 is 5.32.